The van der Waals surface area contributed by atoms with E-state index in [0.29, 0.717) is 26.8 Å². The minimum Gasteiger partial charge on any atom is -0.292 e. The van der Waals surface area contributed by atoms with Gasteiger partial charge in [-0.1, -0.05) is 34.5 Å². The molecule has 0 N–H and O–H groups in total. The van der Waals surface area contributed by atoms with Crippen molar-refractivity contribution < 1.29 is 0 Å². The fourth-order valence-corrected chi connectivity index (χ4v) is 3.43. The zero-order valence-electron chi connectivity index (χ0n) is 15.4. The predicted octanol–water partition coefficient (Wildman–Crippen LogP) is 3.52. The van der Waals surface area contributed by atoms with E-state index in [1.165, 1.54) is 17.1 Å². The molecule has 0 radical (unpaired) electrons. The van der Waals surface area contributed by atoms with Crippen molar-refractivity contribution in [1.82, 2.24) is 34.3 Å². The summed E-state index contributed by atoms with van der Waals surface area (Å²) in [7, 11) is 0. The summed E-state index contributed by atoms with van der Waals surface area (Å²) in [5, 5.41) is 14.2. The topological polar surface area (TPSA) is 83.4 Å². The van der Waals surface area contributed by atoms with E-state index in [-0.39, 0.29) is 12.1 Å². The number of halogens is 2. The maximum absolute atomic E-state index is 12.9. The first-order valence-electron chi connectivity index (χ1n) is 8.95. The Morgan fingerprint density at radius 1 is 0.967 bits per heavy atom. The average molecular weight is 438 g/mol. The lowest BCUT2D eigenvalue weighted by Gasteiger charge is -2.05. The first-order chi connectivity index (χ1) is 14.6. The van der Waals surface area contributed by atoms with Crippen molar-refractivity contribution in [1.29, 1.82) is 0 Å². The summed E-state index contributed by atoms with van der Waals surface area (Å²) >= 11 is 12.0. The highest BCUT2D eigenvalue weighted by molar-refractivity contribution is 6.31. The van der Waals surface area contributed by atoms with Gasteiger partial charge in [0.25, 0.3) is 5.56 Å². The van der Waals surface area contributed by atoms with Crippen LogP contribution >= 0.6 is 23.2 Å². The molecule has 0 bridgehead atoms. The van der Waals surface area contributed by atoms with Gasteiger partial charge in [0.15, 0.2) is 5.65 Å². The van der Waals surface area contributed by atoms with Gasteiger partial charge in [-0.15, -0.1) is 5.10 Å². The van der Waals surface area contributed by atoms with E-state index >= 15 is 0 Å². The Kier molecular flexibility index (Phi) is 4.57. The molecule has 5 rings (SSSR count). The van der Waals surface area contributed by atoms with E-state index in [1.807, 2.05) is 24.3 Å². The predicted molar refractivity (Wildman–Crippen MR) is 114 cm³/mol. The third-order valence-electron chi connectivity index (χ3n) is 4.57. The Morgan fingerprint density at radius 2 is 1.80 bits per heavy atom. The van der Waals surface area contributed by atoms with Gasteiger partial charge in [0.2, 0.25) is 0 Å². The second-order valence-corrected chi connectivity index (χ2v) is 7.45. The van der Waals surface area contributed by atoms with Crippen molar-refractivity contribution >= 4 is 34.2 Å². The van der Waals surface area contributed by atoms with Crippen molar-refractivity contribution in [2.75, 3.05) is 0 Å². The lowest BCUT2D eigenvalue weighted by molar-refractivity contribution is 0.720. The monoisotopic (exact) mass is 437 g/mol. The Bertz CT molecular complexity index is 1420. The molecule has 2 aromatic carbocycles. The van der Waals surface area contributed by atoms with E-state index in [4.69, 9.17) is 23.2 Å². The number of hydrogen-bond acceptors (Lipinski definition) is 5. The molecular formula is C20H13Cl2N7O. The molecule has 8 nitrogen and oxygen atoms in total. The largest absolute Gasteiger partial charge is 0.292 e. The molecule has 30 heavy (non-hydrogen) atoms. The maximum Gasteiger partial charge on any atom is 0.264 e. The Labute approximate surface area is 179 Å². The fraction of sp³-hybridized carbons (Fsp3) is 0.0500. The zero-order chi connectivity index (χ0) is 20.7. The Hall–Kier alpha value is -3.49. The van der Waals surface area contributed by atoms with Crippen LogP contribution in [0.4, 0.5) is 0 Å². The van der Waals surface area contributed by atoms with Gasteiger partial charge >= 0.3 is 0 Å². The van der Waals surface area contributed by atoms with Crippen LogP contribution < -0.4 is 5.56 Å². The molecule has 0 saturated heterocycles. The van der Waals surface area contributed by atoms with E-state index < -0.39 is 0 Å². The van der Waals surface area contributed by atoms with Gasteiger partial charge in [-0.05, 0) is 42.5 Å². The lowest BCUT2D eigenvalue weighted by Crippen LogP contribution is -2.21. The highest BCUT2D eigenvalue weighted by Crippen LogP contribution is 2.17. The summed E-state index contributed by atoms with van der Waals surface area (Å²) in [6, 6.07) is 14.4. The summed E-state index contributed by atoms with van der Waals surface area (Å²) in [5.74, 6) is 0. The van der Waals surface area contributed by atoms with Crippen molar-refractivity contribution in [2.24, 2.45) is 0 Å². The highest BCUT2D eigenvalue weighted by Gasteiger charge is 2.13. The van der Waals surface area contributed by atoms with Gasteiger partial charge in [-0.25, -0.2) is 14.3 Å². The van der Waals surface area contributed by atoms with Crippen molar-refractivity contribution in [3.63, 3.8) is 0 Å². The number of benzene rings is 2. The number of rotatable bonds is 4. The van der Waals surface area contributed by atoms with Gasteiger partial charge in [-0.2, -0.15) is 5.10 Å². The quantitative estimate of drug-likeness (QED) is 0.429. The van der Waals surface area contributed by atoms with Gasteiger partial charge < -0.3 is 0 Å². The number of aromatic nitrogens is 7. The normalized spacial score (nSPS) is 11.3. The van der Waals surface area contributed by atoms with Crippen LogP contribution in [-0.2, 0) is 6.54 Å². The minimum absolute atomic E-state index is 0.211. The third kappa shape index (κ3) is 3.36. The second kappa shape index (κ2) is 7.40. The van der Waals surface area contributed by atoms with Crippen LogP contribution in [0.25, 0.3) is 22.4 Å². The summed E-state index contributed by atoms with van der Waals surface area (Å²) in [4.78, 5) is 17.4. The molecular weight excluding hydrogens is 425 g/mol. The van der Waals surface area contributed by atoms with Crippen LogP contribution in [0.1, 0.15) is 5.69 Å². The van der Waals surface area contributed by atoms with Crippen LogP contribution in [0.3, 0.4) is 0 Å². The number of fused-ring (bicyclic) bond motifs is 1. The van der Waals surface area contributed by atoms with E-state index in [0.717, 1.165) is 11.4 Å². The molecule has 10 heteroatoms. The fourth-order valence-electron chi connectivity index (χ4n) is 3.12. The molecule has 0 spiro atoms. The summed E-state index contributed by atoms with van der Waals surface area (Å²) < 4.78 is 4.69. The summed E-state index contributed by atoms with van der Waals surface area (Å²) in [6.07, 6.45) is 4.75. The summed E-state index contributed by atoms with van der Waals surface area (Å²) in [6.45, 7) is 0.231. The molecule has 148 valence electrons. The Balaban J connectivity index is 1.47. The number of hydrogen-bond donors (Lipinski definition) is 0. The van der Waals surface area contributed by atoms with Gasteiger partial charge in [0, 0.05) is 10.0 Å². The van der Waals surface area contributed by atoms with Crippen molar-refractivity contribution in [2.45, 2.75) is 6.54 Å². The summed E-state index contributed by atoms with van der Waals surface area (Å²) in [5.41, 5.74) is 2.43. The molecule has 0 fully saturated rings. The van der Waals surface area contributed by atoms with Crippen molar-refractivity contribution in [3.05, 3.63) is 93.3 Å². The first-order valence-corrected chi connectivity index (χ1v) is 9.70. The van der Waals surface area contributed by atoms with E-state index in [1.54, 1.807) is 39.8 Å². The van der Waals surface area contributed by atoms with Gasteiger partial charge in [0.1, 0.15) is 17.4 Å². The van der Waals surface area contributed by atoms with Gasteiger partial charge in [0.05, 0.1) is 30.3 Å². The zero-order valence-corrected chi connectivity index (χ0v) is 16.9. The third-order valence-corrected chi connectivity index (χ3v) is 5.06. The molecule has 0 aliphatic carbocycles. The van der Waals surface area contributed by atoms with Crippen LogP contribution in [0, 0.1) is 0 Å². The molecule has 0 aliphatic heterocycles. The average Bonchev–Trinajstić information content (AvgIpc) is 3.38. The molecule has 3 heterocycles. The molecule has 5 aromatic rings. The van der Waals surface area contributed by atoms with Crippen LogP contribution in [0.15, 0.2) is 72.0 Å². The molecule has 0 amide bonds. The van der Waals surface area contributed by atoms with Gasteiger partial charge in [-0.3, -0.25) is 9.36 Å². The molecule has 3 aromatic heterocycles. The smallest absolute Gasteiger partial charge is 0.264 e. The second-order valence-electron chi connectivity index (χ2n) is 6.58. The minimum atomic E-state index is -0.211. The maximum atomic E-state index is 12.9. The van der Waals surface area contributed by atoms with E-state index in [2.05, 4.69) is 20.4 Å². The van der Waals surface area contributed by atoms with E-state index in [9.17, 15) is 4.79 Å². The first kappa shape index (κ1) is 18.5. The van der Waals surface area contributed by atoms with Crippen LogP contribution in [0.5, 0.6) is 0 Å². The highest BCUT2D eigenvalue weighted by atomic mass is 35.5. The molecule has 0 saturated carbocycles. The lowest BCUT2D eigenvalue weighted by atomic mass is 10.3. The van der Waals surface area contributed by atoms with Crippen LogP contribution in [-0.4, -0.2) is 34.3 Å². The van der Waals surface area contributed by atoms with Crippen LogP contribution in [0.2, 0.25) is 10.0 Å². The van der Waals surface area contributed by atoms with Crippen molar-refractivity contribution in [3.8, 4) is 11.4 Å². The molecule has 0 atom stereocenters. The molecule has 0 aliphatic rings. The standard InChI is InChI=1S/C20H13Cl2N7O/c21-13-4-6-16(7-5-13)29-19-18(9-24-29)20(30)27(12-23-19)10-15-11-28(26-25-15)17-3-1-2-14(22)8-17/h1-9,11-12H,10H2. The molecule has 0 unspecified atom stereocenters. The SMILES string of the molecule is O=c1c2cnn(-c3ccc(Cl)cc3)c2ncn1Cc1cn(-c2cccc(Cl)c2)nn1. The Morgan fingerprint density at radius 3 is 2.60 bits per heavy atom. The number of nitrogens with zero attached hydrogens (tertiary/aromatic N) is 7.